The molecular weight excluding hydrogens is 436 g/mol. The maximum absolute atomic E-state index is 13.1. The van der Waals surface area contributed by atoms with Crippen LogP contribution in [0.15, 0.2) is 54.1 Å². The molecule has 2 fully saturated rings. The molecular formula is C26H30N2O6. The largest absolute Gasteiger partial charge is 0.508 e. The molecule has 0 aromatic heterocycles. The highest BCUT2D eigenvalue weighted by Crippen LogP contribution is 2.39. The molecule has 4 rings (SSSR count). The summed E-state index contributed by atoms with van der Waals surface area (Å²) in [6.45, 7) is 6.32. The molecule has 2 N–H and O–H groups in total. The summed E-state index contributed by atoms with van der Waals surface area (Å²) in [4.78, 5) is 29.9. The number of amides is 1. The molecule has 0 aliphatic carbocycles. The summed E-state index contributed by atoms with van der Waals surface area (Å²) in [5.74, 6) is -0.844. The smallest absolute Gasteiger partial charge is 0.295 e. The number of aromatic hydroxyl groups is 1. The van der Waals surface area contributed by atoms with E-state index in [0.29, 0.717) is 49.8 Å². The van der Waals surface area contributed by atoms with Crippen molar-refractivity contribution in [3.8, 4) is 11.5 Å². The number of carbonyl (C=O) groups excluding carboxylic acids is 2. The first-order chi connectivity index (χ1) is 16.5. The van der Waals surface area contributed by atoms with E-state index in [1.54, 1.807) is 36.4 Å². The number of likely N-dealkylation sites (tertiary alicyclic amines) is 1. The number of benzene rings is 2. The van der Waals surface area contributed by atoms with Crippen LogP contribution in [0.1, 0.15) is 30.5 Å². The fraction of sp³-hybridized carbons (Fsp3) is 0.385. The van der Waals surface area contributed by atoms with E-state index in [1.165, 1.54) is 17.0 Å². The lowest BCUT2D eigenvalue weighted by molar-refractivity contribution is -0.140. The van der Waals surface area contributed by atoms with Crippen LogP contribution in [0.25, 0.3) is 5.76 Å². The molecule has 0 bridgehead atoms. The second-order valence-corrected chi connectivity index (χ2v) is 8.41. The lowest BCUT2D eigenvalue weighted by Crippen LogP contribution is -2.42. The highest BCUT2D eigenvalue weighted by atomic mass is 16.5. The van der Waals surface area contributed by atoms with Crippen molar-refractivity contribution in [2.24, 2.45) is 0 Å². The van der Waals surface area contributed by atoms with E-state index >= 15 is 0 Å². The molecule has 2 aromatic rings. The maximum Gasteiger partial charge on any atom is 0.295 e. The number of carbonyl (C=O) groups is 2. The van der Waals surface area contributed by atoms with E-state index < -0.39 is 17.7 Å². The molecule has 8 heteroatoms. The van der Waals surface area contributed by atoms with E-state index in [4.69, 9.17) is 9.47 Å². The average molecular weight is 467 g/mol. The second kappa shape index (κ2) is 10.7. The minimum atomic E-state index is -0.752. The van der Waals surface area contributed by atoms with Gasteiger partial charge >= 0.3 is 0 Å². The van der Waals surface area contributed by atoms with Gasteiger partial charge in [-0.15, -0.1) is 0 Å². The number of ketones is 1. The summed E-state index contributed by atoms with van der Waals surface area (Å²) >= 11 is 0. The molecule has 1 amide bonds. The van der Waals surface area contributed by atoms with Crippen molar-refractivity contribution in [3.63, 3.8) is 0 Å². The number of aliphatic hydroxyl groups excluding tert-OH is 1. The minimum Gasteiger partial charge on any atom is -0.508 e. The summed E-state index contributed by atoms with van der Waals surface area (Å²) in [7, 11) is 0. The Morgan fingerprint density at radius 1 is 1.03 bits per heavy atom. The number of nitrogens with zero attached hydrogens (tertiary/aromatic N) is 2. The summed E-state index contributed by atoms with van der Waals surface area (Å²) in [5, 5.41) is 20.9. The van der Waals surface area contributed by atoms with Gasteiger partial charge in [0.25, 0.3) is 11.7 Å². The molecule has 2 aromatic carbocycles. The first-order valence-corrected chi connectivity index (χ1v) is 11.6. The van der Waals surface area contributed by atoms with Crippen molar-refractivity contribution >= 4 is 17.4 Å². The zero-order valence-corrected chi connectivity index (χ0v) is 19.3. The number of hydrogen-bond donors (Lipinski definition) is 2. The monoisotopic (exact) mass is 466 g/mol. The van der Waals surface area contributed by atoms with Crippen molar-refractivity contribution in [1.82, 2.24) is 9.80 Å². The van der Waals surface area contributed by atoms with Crippen LogP contribution >= 0.6 is 0 Å². The van der Waals surface area contributed by atoms with Crippen LogP contribution in [0.5, 0.6) is 11.5 Å². The van der Waals surface area contributed by atoms with Gasteiger partial charge in [-0.05, 0) is 48.4 Å². The lowest BCUT2D eigenvalue weighted by Gasteiger charge is -2.31. The van der Waals surface area contributed by atoms with Crippen LogP contribution in [-0.4, -0.2) is 77.7 Å². The van der Waals surface area contributed by atoms with Gasteiger partial charge in [0.2, 0.25) is 0 Å². The number of phenolic OH excluding ortho intramolecular Hbond substituents is 1. The Morgan fingerprint density at radius 2 is 1.71 bits per heavy atom. The second-order valence-electron chi connectivity index (χ2n) is 8.41. The normalized spacial score (nSPS) is 20.6. The van der Waals surface area contributed by atoms with Crippen LogP contribution in [-0.2, 0) is 14.3 Å². The van der Waals surface area contributed by atoms with Gasteiger partial charge < -0.3 is 24.6 Å². The zero-order chi connectivity index (χ0) is 24.1. The van der Waals surface area contributed by atoms with Crippen molar-refractivity contribution in [1.29, 1.82) is 0 Å². The third-order valence-electron chi connectivity index (χ3n) is 6.11. The van der Waals surface area contributed by atoms with Gasteiger partial charge in [0.1, 0.15) is 17.3 Å². The minimum absolute atomic E-state index is 0.0416. The summed E-state index contributed by atoms with van der Waals surface area (Å²) in [5.41, 5.74) is 1.11. The number of morpholine rings is 1. The Balaban J connectivity index is 1.67. The molecule has 8 nitrogen and oxygen atoms in total. The Hall–Kier alpha value is -3.36. The average Bonchev–Trinajstić information content (AvgIpc) is 3.12. The van der Waals surface area contributed by atoms with E-state index in [1.807, 2.05) is 6.92 Å². The van der Waals surface area contributed by atoms with Crippen LogP contribution in [0.2, 0.25) is 0 Å². The molecule has 34 heavy (non-hydrogen) atoms. The Morgan fingerprint density at radius 3 is 2.35 bits per heavy atom. The SMILES string of the molecule is CCCOc1ccc(/C(O)=C2\C(=O)C(=O)N(CCN3CCOCC3)C2c2ccc(O)cc2)cc1. The van der Waals surface area contributed by atoms with Gasteiger partial charge in [0, 0.05) is 31.7 Å². The van der Waals surface area contributed by atoms with Gasteiger partial charge in [-0.1, -0.05) is 19.1 Å². The molecule has 0 radical (unpaired) electrons. The van der Waals surface area contributed by atoms with E-state index in [-0.39, 0.29) is 17.1 Å². The lowest BCUT2D eigenvalue weighted by atomic mass is 9.95. The molecule has 2 saturated heterocycles. The van der Waals surface area contributed by atoms with Crippen LogP contribution in [0.3, 0.4) is 0 Å². The molecule has 180 valence electrons. The van der Waals surface area contributed by atoms with Crippen LogP contribution in [0.4, 0.5) is 0 Å². The highest BCUT2D eigenvalue weighted by Gasteiger charge is 2.46. The number of phenols is 1. The number of rotatable bonds is 8. The van der Waals surface area contributed by atoms with Crippen molar-refractivity contribution in [2.45, 2.75) is 19.4 Å². The van der Waals surface area contributed by atoms with Crippen molar-refractivity contribution in [3.05, 3.63) is 65.2 Å². The summed E-state index contributed by atoms with van der Waals surface area (Å²) < 4.78 is 11.0. The Kier molecular flexibility index (Phi) is 7.49. The number of ether oxygens (including phenoxy) is 2. The Labute approximate surface area is 199 Å². The van der Waals surface area contributed by atoms with Crippen molar-refractivity contribution in [2.75, 3.05) is 46.0 Å². The zero-order valence-electron chi connectivity index (χ0n) is 19.3. The number of aliphatic hydroxyl groups is 1. The van der Waals surface area contributed by atoms with Crippen LogP contribution < -0.4 is 4.74 Å². The fourth-order valence-electron chi connectivity index (χ4n) is 4.27. The van der Waals surface area contributed by atoms with Gasteiger partial charge in [-0.25, -0.2) is 0 Å². The van der Waals surface area contributed by atoms with Gasteiger partial charge in [0.15, 0.2) is 0 Å². The van der Waals surface area contributed by atoms with E-state index in [9.17, 15) is 19.8 Å². The van der Waals surface area contributed by atoms with Gasteiger partial charge in [-0.2, -0.15) is 0 Å². The third-order valence-corrected chi connectivity index (χ3v) is 6.11. The molecule has 1 unspecified atom stereocenters. The van der Waals surface area contributed by atoms with Crippen molar-refractivity contribution < 1.29 is 29.3 Å². The quantitative estimate of drug-likeness (QED) is 0.351. The van der Waals surface area contributed by atoms with E-state index in [2.05, 4.69) is 4.90 Å². The molecule has 2 aliphatic rings. The predicted octanol–water partition coefficient (Wildman–Crippen LogP) is 2.93. The first-order valence-electron chi connectivity index (χ1n) is 11.6. The third kappa shape index (κ3) is 5.08. The topological polar surface area (TPSA) is 99.5 Å². The number of hydrogen-bond acceptors (Lipinski definition) is 7. The molecule has 1 atom stereocenters. The summed E-state index contributed by atoms with van der Waals surface area (Å²) in [6, 6.07) is 12.4. The highest BCUT2D eigenvalue weighted by molar-refractivity contribution is 6.46. The standard InChI is InChI=1S/C26H30N2O6/c1-2-15-34-21-9-5-19(6-10-21)24(30)22-23(18-3-7-20(29)8-4-18)28(26(32)25(22)31)12-11-27-13-16-33-17-14-27/h3-10,23,29-30H,2,11-17H2,1H3/b24-22+. The fourth-order valence-corrected chi connectivity index (χ4v) is 4.27. The molecule has 0 spiro atoms. The first kappa shape index (κ1) is 23.8. The molecule has 0 saturated carbocycles. The predicted molar refractivity (Wildman–Crippen MR) is 127 cm³/mol. The van der Waals surface area contributed by atoms with Gasteiger partial charge in [0.05, 0.1) is 31.4 Å². The van der Waals surface area contributed by atoms with Crippen LogP contribution in [0, 0.1) is 0 Å². The maximum atomic E-state index is 13.1. The molecule has 2 heterocycles. The Bertz CT molecular complexity index is 1040. The van der Waals surface area contributed by atoms with Gasteiger partial charge in [-0.3, -0.25) is 14.5 Å². The van der Waals surface area contributed by atoms with E-state index in [0.717, 1.165) is 19.5 Å². The number of Topliss-reactive ketones (excluding diaryl/α,β-unsaturated/α-hetero) is 1. The molecule has 2 aliphatic heterocycles. The summed E-state index contributed by atoms with van der Waals surface area (Å²) in [6.07, 6.45) is 0.877.